The molecule has 0 saturated carbocycles. The maximum absolute atomic E-state index is 6.46. The Morgan fingerprint density at radius 1 is 0.421 bits per heavy atom. The largest absolute Gasteiger partial charge is 0.455 e. The average Bonchev–Trinajstić information content (AvgIpc) is 3.54. The maximum atomic E-state index is 6.46. The molecule has 0 saturated heterocycles. The van der Waals surface area contributed by atoms with Gasteiger partial charge in [0, 0.05) is 38.4 Å². The second kappa shape index (κ2) is 8.22. The van der Waals surface area contributed by atoms with Crippen molar-refractivity contribution >= 4 is 43.7 Å². The molecule has 0 amide bonds. The molecular weight excluding hydrogens is 462 g/mol. The third-order valence-electron chi connectivity index (χ3n) is 7.62. The third kappa shape index (κ3) is 3.07. The van der Waals surface area contributed by atoms with Crippen LogP contribution in [0.25, 0.3) is 71.7 Å². The number of aromatic nitrogens is 1. The Balaban J connectivity index is 1.43. The second-order valence-corrected chi connectivity index (χ2v) is 9.75. The molecule has 0 atom stereocenters. The number of benzene rings is 6. The van der Waals surface area contributed by atoms with Crippen LogP contribution in [0, 0.1) is 0 Å². The monoisotopic (exact) mass is 485 g/mol. The molecule has 0 aliphatic heterocycles. The molecule has 6 aromatic carbocycles. The molecule has 2 aromatic heterocycles. The van der Waals surface area contributed by atoms with Gasteiger partial charge < -0.3 is 8.98 Å². The highest BCUT2D eigenvalue weighted by atomic mass is 16.3. The number of hydrogen-bond acceptors (Lipinski definition) is 1. The molecule has 38 heavy (non-hydrogen) atoms. The lowest BCUT2D eigenvalue weighted by Crippen LogP contribution is -1.95. The predicted molar refractivity (Wildman–Crippen MR) is 159 cm³/mol. The van der Waals surface area contributed by atoms with Gasteiger partial charge in [-0.3, -0.25) is 0 Å². The molecule has 0 aliphatic carbocycles. The average molecular weight is 486 g/mol. The highest BCUT2D eigenvalue weighted by molar-refractivity contribution is 6.17. The van der Waals surface area contributed by atoms with Gasteiger partial charge in [0.1, 0.15) is 11.2 Å². The zero-order valence-electron chi connectivity index (χ0n) is 20.6. The first-order valence-electron chi connectivity index (χ1n) is 13.0. The van der Waals surface area contributed by atoms with Gasteiger partial charge in [0.2, 0.25) is 0 Å². The Hall–Kier alpha value is -5.08. The van der Waals surface area contributed by atoms with Crippen molar-refractivity contribution in [2.24, 2.45) is 0 Å². The molecule has 2 nitrogen and oxygen atoms in total. The van der Waals surface area contributed by atoms with E-state index in [-0.39, 0.29) is 0 Å². The van der Waals surface area contributed by atoms with Gasteiger partial charge in [-0.15, -0.1) is 0 Å². The second-order valence-electron chi connectivity index (χ2n) is 9.75. The van der Waals surface area contributed by atoms with E-state index in [1.165, 1.54) is 32.9 Å². The molecule has 0 N–H and O–H groups in total. The number of nitrogens with zero attached hydrogens (tertiary/aromatic N) is 1. The van der Waals surface area contributed by atoms with Crippen LogP contribution in [0.3, 0.4) is 0 Å². The van der Waals surface area contributed by atoms with E-state index in [9.17, 15) is 0 Å². The molecule has 8 aromatic rings. The van der Waals surface area contributed by atoms with Gasteiger partial charge in [0.25, 0.3) is 0 Å². The molecule has 0 radical (unpaired) electrons. The van der Waals surface area contributed by atoms with E-state index >= 15 is 0 Å². The lowest BCUT2D eigenvalue weighted by molar-refractivity contribution is 0.670. The minimum absolute atomic E-state index is 0.916. The molecule has 0 bridgehead atoms. The summed E-state index contributed by atoms with van der Waals surface area (Å²) in [7, 11) is 0. The fourth-order valence-corrected chi connectivity index (χ4v) is 5.90. The number of para-hydroxylation sites is 4. The Bertz CT molecular complexity index is 2110. The summed E-state index contributed by atoms with van der Waals surface area (Å²) in [5.41, 5.74) is 10.1. The Labute approximate surface area is 220 Å². The number of rotatable bonds is 3. The smallest absolute Gasteiger partial charge is 0.143 e. The quantitative estimate of drug-likeness (QED) is 0.243. The lowest BCUT2D eigenvalue weighted by atomic mass is 9.99. The van der Waals surface area contributed by atoms with Crippen LogP contribution in [0.4, 0.5) is 0 Å². The van der Waals surface area contributed by atoms with Crippen molar-refractivity contribution in [1.29, 1.82) is 0 Å². The van der Waals surface area contributed by atoms with Crippen molar-refractivity contribution < 1.29 is 4.42 Å². The molecular formula is C36H23NO. The predicted octanol–water partition coefficient (Wildman–Crippen LogP) is 10.0. The summed E-state index contributed by atoms with van der Waals surface area (Å²) < 4.78 is 8.86. The van der Waals surface area contributed by atoms with E-state index in [1.54, 1.807) is 0 Å². The van der Waals surface area contributed by atoms with Crippen molar-refractivity contribution in [3.05, 3.63) is 140 Å². The minimum Gasteiger partial charge on any atom is -0.455 e. The van der Waals surface area contributed by atoms with Crippen LogP contribution in [0.15, 0.2) is 144 Å². The molecule has 0 fully saturated rings. The summed E-state index contributed by atoms with van der Waals surface area (Å²) in [4.78, 5) is 0. The summed E-state index contributed by atoms with van der Waals surface area (Å²) in [6.45, 7) is 0. The zero-order valence-corrected chi connectivity index (χ0v) is 20.6. The summed E-state index contributed by atoms with van der Waals surface area (Å²) in [5.74, 6) is 0. The normalized spacial score (nSPS) is 11.7. The Morgan fingerprint density at radius 3 is 1.89 bits per heavy atom. The molecule has 8 rings (SSSR count). The SMILES string of the molecule is c1ccc(-c2ccc(-n3c4ccccc4c4cccc(-c5cccc6c5oc5ccccc56)c43)cc2)cc1. The molecule has 178 valence electrons. The Morgan fingerprint density at radius 2 is 1.05 bits per heavy atom. The van der Waals surface area contributed by atoms with Gasteiger partial charge in [-0.25, -0.2) is 0 Å². The standard InChI is InChI=1S/C36H23NO/c1-2-10-24(11-3-1)25-20-22-26(23-21-25)37-33-18-6-4-12-27(33)29-14-8-15-30(35(29)37)32-17-9-16-31-28-13-5-7-19-34(28)38-36(31)32/h1-23H. The number of furan rings is 1. The van der Waals surface area contributed by atoms with Gasteiger partial charge in [0.15, 0.2) is 0 Å². The van der Waals surface area contributed by atoms with E-state index in [0.717, 1.165) is 38.8 Å². The van der Waals surface area contributed by atoms with Crippen molar-refractivity contribution in [2.45, 2.75) is 0 Å². The van der Waals surface area contributed by atoms with E-state index in [4.69, 9.17) is 4.42 Å². The summed E-state index contributed by atoms with van der Waals surface area (Å²) in [6.07, 6.45) is 0. The van der Waals surface area contributed by atoms with Gasteiger partial charge in [0.05, 0.1) is 11.0 Å². The highest BCUT2D eigenvalue weighted by Crippen LogP contribution is 2.42. The summed E-state index contributed by atoms with van der Waals surface area (Å²) in [6, 6.07) is 49.5. The summed E-state index contributed by atoms with van der Waals surface area (Å²) >= 11 is 0. The van der Waals surface area contributed by atoms with Crippen molar-refractivity contribution in [3.8, 4) is 27.9 Å². The van der Waals surface area contributed by atoms with Crippen LogP contribution in [0.1, 0.15) is 0 Å². The van der Waals surface area contributed by atoms with Crippen LogP contribution in [0.5, 0.6) is 0 Å². The summed E-state index contributed by atoms with van der Waals surface area (Å²) in [5, 5.41) is 4.77. The molecule has 0 spiro atoms. The van der Waals surface area contributed by atoms with E-state index in [0.29, 0.717) is 0 Å². The first-order chi connectivity index (χ1) is 18.9. The minimum atomic E-state index is 0.916. The molecule has 2 heterocycles. The van der Waals surface area contributed by atoms with E-state index in [2.05, 4.69) is 132 Å². The third-order valence-corrected chi connectivity index (χ3v) is 7.62. The van der Waals surface area contributed by atoms with Gasteiger partial charge >= 0.3 is 0 Å². The highest BCUT2D eigenvalue weighted by Gasteiger charge is 2.19. The fraction of sp³-hybridized carbons (Fsp3) is 0. The molecule has 0 aliphatic rings. The first-order valence-corrected chi connectivity index (χ1v) is 13.0. The van der Waals surface area contributed by atoms with E-state index < -0.39 is 0 Å². The maximum Gasteiger partial charge on any atom is 0.143 e. The lowest BCUT2D eigenvalue weighted by Gasteiger charge is -2.13. The van der Waals surface area contributed by atoms with Crippen LogP contribution in [-0.4, -0.2) is 4.57 Å². The molecule has 2 heteroatoms. The van der Waals surface area contributed by atoms with Gasteiger partial charge in [-0.2, -0.15) is 0 Å². The van der Waals surface area contributed by atoms with Crippen LogP contribution in [0.2, 0.25) is 0 Å². The number of fused-ring (bicyclic) bond motifs is 6. The topological polar surface area (TPSA) is 18.1 Å². The van der Waals surface area contributed by atoms with Crippen molar-refractivity contribution in [3.63, 3.8) is 0 Å². The first kappa shape index (κ1) is 21.0. The van der Waals surface area contributed by atoms with Crippen molar-refractivity contribution in [2.75, 3.05) is 0 Å². The van der Waals surface area contributed by atoms with Gasteiger partial charge in [-0.05, 0) is 35.4 Å². The number of hydrogen-bond donors (Lipinski definition) is 0. The Kier molecular flexibility index (Phi) is 4.55. The van der Waals surface area contributed by atoms with Crippen molar-refractivity contribution in [1.82, 2.24) is 4.57 Å². The van der Waals surface area contributed by atoms with E-state index in [1.807, 2.05) is 12.1 Å². The van der Waals surface area contributed by atoms with Crippen LogP contribution < -0.4 is 0 Å². The van der Waals surface area contributed by atoms with Gasteiger partial charge in [-0.1, -0.05) is 115 Å². The van der Waals surface area contributed by atoms with Crippen LogP contribution in [-0.2, 0) is 0 Å². The fourth-order valence-electron chi connectivity index (χ4n) is 5.90. The zero-order chi connectivity index (χ0) is 25.1. The van der Waals surface area contributed by atoms with Crippen LogP contribution >= 0.6 is 0 Å². The molecule has 0 unspecified atom stereocenters.